The van der Waals surface area contributed by atoms with Crippen molar-refractivity contribution in [2.45, 2.75) is 39.2 Å². The minimum absolute atomic E-state index is 0.264. The standard InChI is InChI=1S/C16H29ClN4O/c1-12(2)15-14(16(17)20(3)19-15)11-18-10-13-4-6-21(7-5-13)8-9-22/h12-13,18,22H,4-11H2,1-3H3. The fourth-order valence-electron chi connectivity index (χ4n) is 3.15. The second-order valence-corrected chi connectivity index (χ2v) is 6.93. The van der Waals surface area contributed by atoms with Crippen molar-refractivity contribution in [3.8, 4) is 0 Å². The number of rotatable bonds is 7. The zero-order valence-corrected chi connectivity index (χ0v) is 14.7. The Kier molecular flexibility index (Phi) is 6.68. The molecule has 6 heteroatoms. The van der Waals surface area contributed by atoms with E-state index >= 15 is 0 Å². The van der Waals surface area contributed by atoms with Gasteiger partial charge in [-0.05, 0) is 44.3 Å². The molecule has 1 aliphatic heterocycles. The molecule has 0 amide bonds. The van der Waals surface area contributed by atoms with E-state index in [1.54, 1.807) is 4.68 Å². The van der Waals surface area contributed by atoms with Crippen LogP contribution in [0.3, 0.4) is 0 Å². The molecule has 1 saturated heterocycles. The highest BCUT2D eigenvalue weighted by molar-refractivity contribution is 6.30. The largest absolute Gasteiger partial charge is 0.395 e. The zero-order chi connectivity index (χ0) is 16.1. The molecule has 0 radical (unpaired) electrons. The van der Waals surface area contributed by atoms with Gasteiger partial charge in [0.1, 0.15) is 5.15 Å². The highest BCUT2D eigenvalue weighted by Crippen LogP contribution is 2.25. The molecule has 1 aliphatic rings. The normalized spacial score (nSPS) is 17.5. The molecule has 0 bridgehead atoms. The van der Waals surface area contributed by atoms with Gasteiger partial charge in [0, 0.05) is 25.7 Å². The Hall–Kier alpha value is -0.620. The molecule has 5 nitrogen and oxygen atoms in total. The third kappa shape index (κ3) is 4.44. The number of piperidine rings is 1. The molecule has 2 heterocycles. The second kappa shape index (κ2) is 8.29. The van der Waals surface area contributed by atoms with Crippen molar-refractivity contribution in [2.75, 3.05) is 32.8 Å². The Labute approximate surface area is 138 Å². The van der Waals surface area contributed by atoms with Crippen LogP contribution in [0.4, 0.5) is 0 Å². The van der Waals surface area contributed by atoms with Gasteiger partial charge in [0.25, 0.3) is 0 Å². The van der Waals surface area contributed by atoms with Gasteiger partial charge in [0.2, 0.25) is 0 Å². The Morgan fingerprint density at radius 3 is 2.64 bits per heavy atom. The van der Waals surface area contributed by atoms with Gasteiger partial charge in [-0.3, -0.25) is 4.68 Å². The van der Waals surface area contributed by atoms with Crippen molar-refractivity contribution in [3.63, 3.8) is 0 Å². The van der Waals surface area contributed by atoms with E-state index in [9.17, 15) is 0 Å². The second-order valence-electron chi connectivity index (χ2n) is 6.57. The maximum atomic E-state index is 8.98. The van der Waals surface area contributed by atoms with Crippen molar-refractivity contribution in [2.24, 2.45) is 13.0 Å². The van der Waals surface area contributed by atoms with Crippen molar-refractivity contribution in [3.05, 3.63) is 16.4 Å². The predicted molar refractivity (Wildman–Crippen MR) is 90.3 cm³/mol. The number of halogens is 1. The quantitative estimate of drug-likeness (QED) is 0.803. The number of aliphatic hydroxyl groups excluding tert-OH is 1. The summed E-state index contributed by atoms with van der Waals surface area (Å²) in [7, 11) is 1.90. The Balaban J connectivity index is 1.80. The molecule has 1 fully saturated rings. The minimum atomic E-state index is 0.264. The van der Waals surface area contributed by atoms with Crippen molar-refractivity contribution >= 4 is 11.6 Å². The number of likely N-dealkylation sites (tertiary alicyclic amines) is 1. The summed E-state index contributed by atoms with van der Waals surface area (Å²) in [4.78, 5) is 2.34. The summed E-state index contributed by atoms with van der Waals surface area (Å²) >= 11 is 6.36. The molecule has 0 spiro atoms. The van der Waals surface area contributed by atoms with E-state index in [0.29, 0.717) is 11.8 Å². The number of hydrogen-bond acceptors (Lipinski definition) is 4. The molecule has 0 unspecified atom stereocenters. The lowest BCUT2D eigenvalue weighted by Gasteiger charge is -2.31. The van der Waals surface area contributed by atoms with E-state index in [2.05, 4.69) is 29.2 Å². The Morgan fingerprint density at radius 2 is 2.05 bits per heavy atom. The molecule has 0 aromatic carbocycles. The SMILES string of the molecule is CC(C)c1nn(C)c(Cl)c1CNCC1CCN(CCO)CC1. The fourth-order valence-corrected chi connectivity index (χ4v) is 3.35. The summed E-state index contributed by atoms with van der Waals surface area (Å²) in [6.07, 6.45) is 2.40. The topological polar surface area (TPSA) is 53.3 Å². The Bertz CT molecular complexity index is 467. The number of β-amino-alcohol motifs (C(OH)–C–C–N with tert-alkyl or cyclic N) is 1. The molecule has 126 valence electrons. The molecule has 0 saturated carbocycles. The van der Waals surface area contributed by atoms with Gasteiger partial charge in [-0.1, -0.05) is 25.4 Å². The van der Waals surface area contributed by atoms with Crippen LogP contribution in [-0.4, -0.2) is 52.6 Å². The highest BCUT2D eigenvalue weighted by Gasteiger charge is 2.20. The fraction of sp³-hybridized carbons (Fsp3) is 0.812. The number of aromatic nitrogens is 2. The molecule has 1 aromatic rings. The average Bonchev–Trinajstić information content (AvgIpc) is 2.78. The van der Waals surface area contributed by atoms with Crippen LogP contribution in [0.25, 0.3) is 0 Å². The smallest absolute Gasteiger partial charge is 0.131 e. The van der Waals surface area contributed by atoms with E-state index in [-0.39, 0.29) is 6.61 Å². The molecule has 22 heavy (non-hydrogen) atoms. The van der Waals surface area contributed by atoms with Gasteiger partial charge < -0.3 is 15.3 Å². The van der Waals surface area contributed by atoms with Crippen LogP contribution in [0.5, 0.6) is 0 Å². The first-order valence-electron chi connectivity index (χ1n) is 8.28. The predicted octanol–water partition coefficient (Wildman–Crippen LogP) is 1.99. The van der Waals surface area contributed by atoms with E-state index in [1.165, 1.54) is 12.8 Å². The lowest BCUT2D eigenvalue weighted by Crippen LogP contribution is -2.38. The van der Waals surface area contributed by atoms with Crippen LogP contribution in [0.1, 0.15) is 43.9 Å². The summed E-state index contributed by atoms with van der Waals surface area (Å²) < 4.78 is 1.77. The minimum Gasteiger partial charge on any atom is -0.395 e. The summed E-state index contributed by atoms with van der Waals surface area (Å²) in [5.74, 6) is 1.10. The van der Waals surface area contributed by atoms with Crippen molar-refractivity contribution < 1.29 is 5.11 Å². The average molecular weight is 329 g/mol. The molecule has 0 atom stereocenters. The maximum Gasteiger partial charge on any atom is 0.131 e. The van der Waals surface area contributed by atoms with Gasteiger partial charge in [-0.15, -0.1) is 0 Å². The maximum absolute atomic E-state index is 8.98. The van der Waals surface area contributed by atoms with Gasteiger partial charge in [-0.2, -0.15) is 5.10 Å². The number of nitrogens with one attached hydrogen (secondary N) is 1. The zero-order valence-electron chi connectivity index (χ0n) is 14.0. The van der Waals surface area contributed by atoms with Crippen molar-refractivity contribution in [1.29, 1.82) is 0 Å². The summed E-state index contributed by atoms with van der Waals surface area (Å²) in [6, 6.07) is 0. The van der Waals surface area contributed by atoms with Crippen LogP contribution in [0.15, 0.2) is 0 Å². The van der Waals surface area contributed by atoms with E-state index in [0.717, 1.165) is 49.1 Å². The molecule has 1 aromatic heterocycles. The summed E-state index contributed by atoms with van der Waals surface area (Å²) in [5.41, 5.74) is 2.23. The molecule has 2 N–H and O–H groups in total. The number of hydrogen-bond donors (Lipinski definition) is 2. The van der Waals surface area contributed by atoms with Crippen LogP contribution in [0, 0.1) is 5.92 Å². The Morgan fingerprint density at radius 1 is 1.36 bits per heavy atom. The molecular formula is C16H29ClN4O. The van der Waals surface area contributed by atoms with Gasteiger partial charge in [0.15, 0.2) is 0 Å². The number of aryl methyl sites for hydroxylation is 1. The van der Waals surface area contributed by atoms with E-state index < -0.39 is 0 Å². The third-order valence-corrected chi connectivity index (χ3v) is 4.98. The van der Waals surface area contributed by atoms with Crippen molar-refractivity contribution in [1.82, 2.24) is 20.0 Å². The van der Waals surface area contributed by atoms with Gasteiger partial charge in [0.05, 0.1) is 12.3 Å². The first-order valence-corrected chi connectivity index (χ1v) is 8.66. The lowest BCUT2D eigenvalue weighted by molar-refractivity contribution is 0.146. The molecule has 0 aliphatic carbocycles. The monoisotopic (exact) mass is 328 g/mol. The van der Waals surface area contributed by atoms with E-state index in [4.69, 9.17) is 16.7 Å². The lowest BCUT2D eigenvalue weighted by atomic mass is 9.96. The number of nitrogens with zero attached hydrogens (tertiary/aromatic N) is 3. The molecular weight excluding hydrogens is 300 g/mol. The van der Waals surface area contributed by atoms with Gasteiger partial charge >= 0.3 is 0 Å². The van der Waals surface area contributed by atoms with E-state index in [1.807, 2.05) is 7.05 Å². The van der Waals surface area contributed by atoms with Gasteiger partial charge in [-0.25, -0.2) is 0 Å². The van der Waals surface area contributed by atoms with Crippen LogP contribution in [-0.2, 0) is 13.6 Å². The highest BCUT2D eigenvalue weighted by atomic mass is 35.5. The summed E-state index contributed by atoms with van der Waals surface area (Å²) in [6.45, 7) is 9.38. The number of aliphatic hydroxyl groups is 1. The van der Waals surface area contributed by atoms with Crippen LogP contribution < -0.4 is 5.32 Å². The van der Waals surface area contributed by atoms with Crippen LogP contribution in [0.2, 0.25) is 5.15 Å². The first kappa shape index (κ1) is 17.7. The van der Waals surface area contributed by atoms with Crippen LogP contribution >= 0.6 is 11.6 Å². The first-order chi connectivity index (χ1) is 10.5. The molecule has 2 rings (SSSR count). The third-order valence-electron chi connectivity index (χ3n) is 4.51. The summed E-state index contributed by atoms with van der Waals surface area (Å²) in [5, 5.41) is 17.8.